The average molecular weight is 198 g/mol. The van der Waals surface area contributed by atoms with Crippen molar-refractivity contribution in [3.05, 3.63) is 0 Å². The van der Waals surface area contributed by atoms with E-state index in [1.165, 1.54) is 4.90 Å². The molecular formula is C9H14N2O3. The molecule has 5 nitrogen and oxygen atoms in total. The van der Waals surface area contributed by atoms with Crippen LogP contribution in [0.15, 0.2) is 0 Å². The molecule has 0 radical (unpaired) electrons. The van der Waals surface area contributed by atoms with E-state index >= 15 is 0 Å². The Morgan fingerprint density at radius 3 is 2.43 bits per heavy atom. The summed E-state index contributed by atoms with van der Waals surface area (Å²) in [4.78, 5) is 23.1. The molecule has 0 rings (SSSR count). The van der Waals surface area contributed by atoms with Crippen LogP contribution in [-0.2, 0) is 9.59 Å². The second-order valence-corrected chi connectivity index (χ2v) is 3.22. The van der Waals surface area contributed by atoms with Crippen LogP contribution < -0.4 is 0 Å². The van der Waals surface area contributed by atoms with Gasteiger partial charge in [0.05, 0.1) is 12.5 Å². The molecule has 0 aromatic carbocycles. The molecule has 1 amide bonds. The fourth-order valence-electron chi connectivity index (χ4n) is 0.981. The summed E-state index contributed by atoms with van der Waals surface area (Å²) >= 11 is 0. The summed E-state index contributed by atoms with van der Waals surface area (Å²) in [5.74, 6) is -1.53. The third kappa shape index (κ3) is 4.45. The fraction of sp³-hybridized carbons (Fsp3) is 0.667. The molecular weight excluding hydrogens is 184 g/mol. The van der Waals surface area contributed by atoms with Crippen molar-refractivity contribution in [2.24, 2.45) is 5.92 Å². The molecule has 0 aromatic rings. The van der Waals surface area contributed by atoms with Crippen molar-refractivity contribution in [3.8, 4) is 6.07 Å². The lowest BCUT2D eigenvalue weighted by atomic mass is 10.2. The molecule has 0 unspecified atom stereocenters. The molecule has 5 heteroatoms. The minimum atomic E-state index is -1.06. The summed E-state index contributed by atoms with van der Waals surface area (Å²) in [6.07, 6.45) is 0.158. The van der Waals surface area contributed by atoms with E-state index in [2.05, 4.69) is 0 Å². The van der Waals surface area contributed by atoms with Gasteiger partial charge in [-0.05, 0) is 0 Å². The summed E-state index contributed by atoms with van der Waals surface area (Å²) in [5, 5.41) is 16.9. The number of nitrogens with zero attached hydrogens (tertiary/aromatic N) is 2. The van der Waals surface area contributed by atoms with E-state index < -0.39 is 5.97 Å². The van der Waals surface area contributed by atoms with Crippen LogP contribution in [0, 0.1) is 17.2 Å². The topological polar surface area (TPSA) is 81.4 Å². The van der Waals surface area contributed by atoms with Crippen LogP contribution in [0.1, 0.15) is 20.3 Å². The molecule has 0 spiro atoms. The van der Waals surface area contributed by atoms with Crippen LogP contribution in [0.5, 0.6) is 0 Å². The van der Waals surface area contributed by atoms with Gasteiger partial charge in [0, 0.05) is 12.5 Å². The first-order valence-corrected chi connectivity index (χ1v) is 4.36. The van der Waals surface area contributed by atoms with Gasteiger partial charge in [0.25, 0.3) is 0 Å². The molecule has 0 bridgehead atoms. The van der Waals surface area contributed by atoms with Crippen molar-refractivity contribution in [3.63, 3.8) is 0 Å². The SMILES string of the molecule is CC(C)C(=O)N(CCC#N)CC(=O)O. The van der Waals surface area contributed by atoms with E-state index in [0.29, 0.717) is 0 Å². The Labute approximate surface area is 82.9 Å². The number of rotatable bonds is 5. The monoisotopic (exact) mass is 198 g/mol. The van der Waals surface area contributed by atoms with Crippen molar-refractivity contribution in [1.29, 1.82) is 5.26 Å². The van der Waals surface area contributed by atoms with Crippen LogP contribution in [0.4, 0.5) is 0 Å². The summed E-state index contributed by atoms with van der Waals surface area (Å²) < 4.78 is 0. The average Bonchev–Trinajstić information content (AvgIpc) is 2.10. The highest BCUT2D eigenvalue weighted by Crippen LogP contribution is 2.02. The van der Waals surface area contributed by atoms with Gasteiger partial charge in [-0.1, -0.05) is 13.8 Å². The number of aliphatic carboxylic acids is 1. The molecule has 0 aliphatic heterocycles. The third-order valence-electron chi connectivity index (χ3n) is 1.63. The molecule has 0 fully saturated rings. The van der Waals surface area contributed by atoms with Gasteiger partial charge in [-0.15, -0.1) is 0 Å². The van der Waals surface area contributed by atoms with E-state index in [0.717, 1.165) is 0 Å². The summed E-state index contributed by atoms with van der Waals surface area (Å²) in [7, 11) is 0. The van der Waals surface area contributed by atoms with Crippen molar-refractivity contribution in [1.82, 2.24) is 4.90 Å². The highest BCUT2D eigenvalue weighted by molar-refractivity contribution is 5.82. The summed E-state index contributed by atoms with van der Waals surface area (Å²) in [5.41, 5.74) is 0. The number of carbonyl (C=O) groups is 2. The second-order valence-electron chi connectivity index (χ2n) is 3.22. The molecule has 0 saturated carbocycles. The molecule has 0 aromatic heterocycles. The molecule has 0 aliphatic rings. The quantitative estimate of drug-likeness (QED) is 0.696. The Kier molecular flexibility index (Phi) is 5.30. The molecule has 0 heterocycles. The van der Waals surface area contributed by atoms with E-state index in [9.17, 15) is 9.59 Å². The Morgan fingerprint density at radius 2 is 2.07 bits per heavy atom. The predicted molar refractivity (Wildman–Crippen MR) is 49.3 cm³/mol. The largest absolute Gasteiger partial charge is 0.480 e. The minimum absolute atomic E-state index is 0.158. The van der Waals surface area contributed by atoms with E-state index in [1.54, 1.807) is 13.8 Å². The van der Waals surface area contributed by atoms with Gasteiger partial charge in [-0.25, -0.2) is 0 Å². The molecule has 78 valence electrons. The Balaban J connectivity index is 4.31. The maximum atomic E-state index is 11.4. The van der Waals surface area contributed by atoms with Crippen LogP contribution in [-0.4, -0.2) is 35.0 Å². The Bertz CT molecular complexity index is 255. The van der Waals surface area contributed by atoms with E-state index in [1.807, 2.05) is 6.07 Å². The maximum Gasteiger partial charge on any atom is 0.323 e. The van der Waals surface area contributed by atoms with E-state index in [4.69, 9.17) is 10.4 Å². The van der Waals surface area contributed by atoms with E-state index in [-0.39, 0.29) is 31.3 Å². The number of nitriles is 1. The van der Waals surface area contributed by atoms with Crippen LogP contribution in [0.2, 0.25) is 0 Å². The lowest BCUT2D eigenvalue weighted by Crippen LogP contribution is -2.38. The number of hydrogen-bond acceptors (Lipinski definition) is 3. The first kappa shape index (κ1) is 12.4. The van der Waals surface area contributed by atoms with Crippen molar-refractivity contribution < 1.29 is 14.7 Å². The van der Waals surface area contributed by atoms with Crippen molar-refractivity contribution in [2.45, 2.75) is 20.3 Å². The van der Waals surface area contributed by atoms with Crippen LogP contribution in [0.25, 0.3) is 0 Å². The van der Waals surface area contributed by atoms with Crippen molar-refractivity contribution in [2.75, 3.05) is 13.1 Å². The number of hydrogen-bond donors (Lipinski definition) is 1. The molecule has 0 atom stereocenters. The number of carbonyl (C=O) groups excluding carboxylic acids is 1. The zero-order valence-corrected chi connectivity index (χ0v) is 8.36. The zero-order valence-electron chi connectivity index (χ0n) is 8.36. The third-order valence-corrected chi connectivity index (χ3v) is 1.63. The maximum absolute atomic E-state index is 11.4. The van der Waals surface area contributed by atoms with Gasteiger partial charge < -0.3 is 10.0 Å². The van der Waals surface area contributed by atoms with Gasteiger partial charge >= 0.3 is 5.97 Å². The summed E-state index contributed by atoms with van der Waals surface area (Å²) in [6.45, 7) is 3.24. The van der Waals surface area contributed by atoms with Gasteiger partial charge in [-0.3, -0.25) is 9.59 Å². The zero-order chi connectivity index (χ0) is 11.1. The number of carboxylic acid groups (broad SMARTS) is 1. The molecule has 14 heavy (non-hydrogen) atoms. The summed E-state index contributed by atoms with van der Waals surface area (Å²) in [6, 6.07) is 1.88. The highest BCUT2D eigenvalue weighted by Gasteiger charge is 2.18. The second kappa shape index (κ2) is 5.97. The predicted octanol–water partition coefficient (Wildman–Crippen LogP) is 0.469. The highest BCUT2D eigenvalue weighted by atomic mass is 16.4. The normalized spacial score (nSPS) is 9.57. The molecule has 0 aliphatic carbocycles. The Hall–Kier alpha value is -1.57. The number of amides is 1. The Morgan fingerprint density at radius 1 is 1.50 bits per heavy atom. The minimum Gasteiger partial charge on any atom is -0.480 e. The van der Waals surface area contributed by atoms with Gasteiger partial charge in [0.2, 0.25) is 5.91 Å². The smallest absolute Gasteiger partial charge is 0.323 e. The van der Waals surface area contributed by atoms with Gasteiger partial charge in [0.15, 0.2) is 0 Å². The van der Waals surface area contributed by atoms with Crippen LogP contribution >= 0.6 is 0 Å². The lowest BCUT2D eigenvalue weighted by molar-refractivity contribution is -0.145. The fourth-order valence-corrected chi connectivity index (χ4v) is 0.981. The van der Waals surface area contributed by atoms with Gasteiger partial charge in [0.1, 0.15) is 6.54 Å². The molecule has 1 N–H and O–H groups in total. The van der Waals surface area contributed by atoms with Crippen LogP contribution in [0.3, 0.4) is 0 Å². The standard InChI is InChI=1S/C9H14N2O3/c1-7(2)9(14)11(5-3-4-10)6-8(12)13/h7H,3,5-6H2,1-2H3,(H,12,13). The molecule has 0 saturated heterocycles. The van der Waals surface area contributed by atoms with Gasteiger partial charge in [-0.2, -0.15) is 5.26 Å². The van der Waals surface area contributed by atoms with Crippen molar-refractivity contribution >= 4 is 11.9 Å². The lowest BCUT2D eigenvalue weighted by Gasteiger charge is -2.21. The first-order chi connectivity index (χ1) is 6.49. The first-order valence-electron chi connectivity index (χ1n) is 4.36. The number of carboxylic acids is 1.